The molecule has 7 atom stereocenters. The van der Waals surface area contributed by atoms with Crippen LogP contribution < -0.4 is 5.32 Å². The summed E-state index contributed by atoms with van der Waals surface area (Å²) in [6.07, 6.45) is 58.4. The fourth-order valence-electron chi connectivity index (χ4n) is 7.25. The number of nitrogens with one attached hydrogen (secondary N) is 1. The molecule has 0 aliphatic carbocycles. The van der Waals surface area contributed by atoms with Gasteiger partial charge in [0.2, 0.25) is 5.91 Å². The average Bonchev–Trinajstić information content (AvgIpc) is 3.31. The maximum Gasteiger partial charge on any atom is 0.220 e. The van der Waals surface area contributed by atoms with Crippen molar-refractivity contribution in [3.8, 4) is 0 Å². The van der Waals surface area contributed by atoms with Gasteiger partial charge in [-0.3, -0.25) is 4.79 Å². The summed E-state index contributed by atoms with van der Waals surface area (Å²) in [5.74, 6) is -0.211. The highest BCUT2D eigenvalue weighted by atomic mass is 16.7. The van der Waals surface area contributed by atoms with E-state index in [0.29, 0.717) is 6.42 Å². The molecule has 0 spiro atoms. The van der Waals surface area contributed by atoms with Gasteiger partial charge in [-0.2, -0.15) is 0 Å². The van der Waals surface area contributed by atoms with Gasteiger partial charge in [0.05, 0.1) is 25.4 Å². The zero-order valence-corrected chi connectivity index (χ0v) is 40.7. The van der Waals surface area contributed by atoms with Crippen LogP contribution in [0.2, 0.25) is 0 Å². The molecule has 9 nitrogen and oxygen atoms in total. The van der Waals surface area contributed by atoms with Crippen LogP contribution >= 0.6 is 0 Å². The number of amides is 1. The van der Waals surface area contributed by atoms with E-state index in [0.717, 1.165) is 116 Å². The molecule has 1 fully saturated rings. The van der Waals surface area contributed by atoms with Crippen LogP contribution in [0.25, 0.3) is 0 Å². The van der Waals surface area contributed by atoms with Crippen LogP contribution in [-0.2, 0) is 14.3 Å². The monoisotopic (exact) mass is 908 g/mol. The van der Waals surface area contributed by atoms with Crippen molar-refractivity contribution < 1.29 is 39.8 Å². The molecule has 65 heavy (non-hydrogen) atoms. The van der Waals surface area contributed by atoms with Crippen molar-refractivity contribution in [3.05, 3.63) is 109 Å². The van der Waals surface area contributed by atoms with Gasteiger partial charge < -0.3 is 40.3 Å². The van der Waals surface area contributed by atoms with Crippen molar-refractivity contribution in [3.63, 3.8) is 0 Å². The first-order valence-electron chi connectivity index (χ1n) is 25.6. The van der Waals surface area contributed by atoms with E-state index in [9.17, 15) is 30.3 Å². The van der Waals surface area contributed by atoms with Crippen LogP contribution in [0.3, 0.4) is 0 Å². The number of allylic oxidation sites excluding steroid dienone is 17. The van der Waals surface area contributed by atoms with E-state index in [1.54, 1.807) is 6.08 Å². The topological polar surface area (TPSA) is 149 Å². The summed E-state index contributed by atoms with van der Waals surface area (Å²) in [4.78, 5) is 13.0. The van der Waals surface area contributed by atoms with Crippen molar-refractivity contribution in [1.82, 2.24) is 5.32 Å². The maximum absolute atomic E-state index is 13.0. The molecule has 0 aromatic heterocycles. The van der Waals surface area contributed by atoms with Crippen LogP contribution in [0.4, 0.5) is 0 Å². The van der Waals surface area contributed by atoms with Gasteiger partial charge in [-0.05, 0) is 96.3 Å². The van der Waals surface area contributed by atoms with E-state index in [-0.39, 0.29) is 12.5 Å². The Morgan fingerprint density at radius 3 is 1.48 bits per heavy atom. The highest BCUT2D eigenvalue weighted by molar-refractivity contribution is 5.76. The minimum Gasteiger partial charge on any atom is -0.394 e. The quantitative estimate of drug-likeness (QED) is 0.0262. The number of aliphatic hydroxyl groups excluding tert-OH is 5. The molecule has 1 amide bonds. The van der Waals surface area contributed by atoms with E-state index in [1.807, 2.05) is 6.08 Å². The Bertz CT molecular complexity index is 1380. The number of rotatable bonds is 41. The molecule has 1 rings (SSSR count). The Morgan fingerprint density at radius 2 is 0.969 bits per heavy atom. The molecular weight excluding hydrogens is 815 g/mol. The molecule has 0 aromatic rings. The van der Waals surface area contributed by atoms with E-state index in [2.05, 4.69) is 116 Å². The van der Waals surface area contributed by atoms with Crippen LogP contribution in [0.15, 0.2) is 109 Å². The molecule has 1 aliphatic heterocycles. The lowest BCUT2D eigenvalue weighted by Crippen LogP contribution is -2.60. The van der Waals surface area contributed by atoms with Crippen molar-refractivity contribution in [2.75, 3.05) is 13.2 Å². The van der Waals surface area contributed by atoms with Gasteiger partial charge in [-0.25, -0.2) is 0 Å². The number of ether oxygens (including phenoxy) is 2. The lowest BCUT2D eigenvalue weighted by molar-refractivity contribution is -0.302. The third kappa shape index (κ3) is 34.8. The van der Waals surface area contributed by atoms with Crippen molar-refractivity contribution in [2.45, 2.75) is 224 Å². The van der Waals surface area contributed by atoms with Crippen molar-refractivity contribution >= 4 is 5.91 Å². The zero-order chi connectivity index (χ0) is 47.3. The summed E-state index contributed by atoms with van der Waals surface area (Å²) < 4.78 is 11.2. The number of carbonyl (C=O) groups is 1. The molecule has 0 bridgehead atoms. The Morgan fingerprint density at radius 1 is 0.538 bits per heavy atom. The third-order valence-electron chi connectivity index (χ3n) is 11.3. The molecule has 1 aliphatic rings. The molecule has 0 radical (unpaired) electrons. The van der Waals surface area contributed by atoms with E-state index in [1.165, 1.54) is 44.9 Å². The average molecular weight is 908 g/mol. The normalized spacial score (nSPS) is 20.9. The predicted molar refractivity (Wildman–Crippen MR) is 271 cm³/mol. The van der Waals surface area contributed by atoms with Gasteiger partial charge in [0.1, 0.15) is 24.4 Å². The number of unbranched alkanes of at least 4 members (excludes halogenated alkanes) is 15. The third-order valence-corrected chi connectivity index (χ3v) is 11.3. The SMILES string of the molecule is CC/C=C\C/C=C\C/C=C\C/C=C\C/C=C\C/C=C\CCCCCCCCC(=O)NC(COC1OC(CO)C(O)C(O)C1O)C(O)/C=C/CC/C=C/CC/C=C/CCCCCCCCC. The van der Waals surface area contributed by atoms with Gasteiger partial charge in [0.25, 0.3) is 0 Å². The Hall–Kier alpha value is -3.15. The Balaban J connectivity index is 2.35. The molecule has 1 saturated heterocycles. The van der Waals surface area contributed by atoms with Gasteiger partial charge in [0.15, 0.2) is 6.29 Å². The number of hydrogen-bond donors (Lipinski definition) is 6. The fraction of sp³-hybridized carbons (Fsp3) is 0.661. The molecule has 1 heterocycles. The first kappa shape index (κ1) is 59.9. The summed E-state index contributed by atoms with van der Waals surface area (Å²) in [7, 11) is 0. The molecule has 6 N–H and O–H groups in total. The van der Waals surface area contributed by atoms with Gasteiger partial charge in [-0.1, -0.05) is 187 Å². The maximum atomic E-state index is 13.0. The summed E-state index contributed by atoms with van der Waals surface area (Å²) in [5, 5.41) is 54.3. The van der Waals surface area contributed by atoms with Gasteiger partial charge in [-0.15, -0.1) is 0 Å². The van der Waals surface area contributed by atoms with Crippen LogP contribution in [0, 0.1) is 0 Å². The second-order valence-corrected chi connectivity index (χ2v) is 17.2. The number of hydrogen-bond acceptors (Lipinski definition) is 8. The lowest BCUT2D eigenvalue weighted by Gasteiger charge is -2.40. The summed E-state index contributed by atoms with van der Waals surface area (Å²) in [5.41, 5.74) is 0. The smallest absolute Gasteiger partial charge is 0.220 e. The first-order valence-corrected chi connectivity index (χ1v) is 25.6. The van der Waals surface area contributed by atoms with E-state index in [4.69, 9.17) is 9.47 Å². The molecule has 0 aromatic carbocycles. The molecule has 0 saturated carbocycles. The standard InChI is InChI=1S/C56H93NO8/c1-3-5-7-9-11-13-15-17-19-21-22-23-24-25-26-27-28-30-32-34-36-38-40-42-44-46-52(60)57-49(48-64-56-55(63)54(62)53(61)51(47-58)65-56)50(59)45-43-41-39-37-35-33-31-29-20-18-16-14-12-10-8-6-4-2/h5,7,11,13,17,19-20,22-23,25-26,28-30,35,37,43,45,49-51,53-56,58-59,61-63H,3-4,6,8-10,12,14-16,18,21,24,27,31-34,36,38-42,44,46-48H2,1-2H3,(H,57,60)/b7-5-,13-11-,19-17-,23-22-,26-25-,29-20+,30-28-,37-35+,45-43+. The van der Waals surface area contributed by atoms with Crippen molar-refractivity contribution in [1.29, 1.82) is 0 Å². The molecule has 7 unspecified atom stereocenters. The fourth-order valence-corrected chi connectivity index (χ4v) is 7.25. The second kappa shape index (κ2) is 44.7. The van der Waals surface area contributed by atoms with Gasteiger partial charge in [0, 0.05) is 6.42 Å². The first-order chi connectivity index (χ1) is 31.8. The predicted octanol–water partition coefficient (Wildman–Crippen LogP) is 11.8. The van der Waals surface area contributed by atoms with Crippen LogP contribution in [-0.4, -0.2) is 87.5 Å². The summed E-state index contributed by atoms with van der Waals surface area (Å²) >= 11 is 0. The second-order valence-electron chi connectivity index (χ2n) is 17.2. The summed E-state index contributed by atoms with van der Waals surface area (Å²) in [6.45, 7) is 3.61. The molecule has 9 heteroatoms. The highest BCUT2D eigenvalue weighted by Gasteiger charge is 2.44. The summed E-state index contributed by atoms with van der Waals surface area (Å²) in [6, 6.07) is -0.844. The Labute approximate surface area is 396 Å². The van der Waals surface area contributed by atoms with Crippen molar-refractivity contribution in [2.24, 2.45) is 0 Å². The minimum atomic E-state index is -1.58. The lowest BCUT2D eigenvalue weighted by atomic mass is 9.99. The van der Waals surface area contributed by atoms with Crippen LogP contribution in [0.1, 0.15) is 181 Å². The van der Waals surface area contributed by atoms with E-state index < -0.39 is 49.5 Å². The number of carbonyl (C=O) groups excluding carboxylic acids is 1. The highest BCUT2D eigenvalue weighted by Crippen LogP contribution is 2.22. The Kier molecular flexibility index (Phi) is 41.1. The minimum absolute atomic E-state index is 0.211. The van der Waals surface area contributed by atoms with Gasteiger partial charge >= 0.3 is 0 Å². The largest absolute Gasteiger partial charge is 0.394 e. The zero-order valence-electron chi connectivity index (χ0n) is 40.7. The molecular formula is C56H93NO8. The molecule has 370 valence electrons. The van der Waals surface area contributed by atoms with Crippen LogP contribution in [0.5, 0.6) is 0 Å². The number of aliphatic hydroxyl groups is 5. The van der Waals surface area contributed by atoms with E-state index >= 15 is 0 Å².